The summed E-state index contributed by atoms with van der Waals surface area (Å²) in [4.78, 5) is 11.4. The van der Waals surface area contributed by atoms with Crippen molar-refractivity contribution >= 4 is 5.97 Å². The summed E-state index contributed by atoms with van der Waals surface area (Å²) in [5.41, 5.74) is 0.945. The third kappa shape index (κ3) is 2.38. The Morgan fingerprint density at radius 2 is 1.95 bits per heavy atom. The average Bonchev–Trinajstić information content (AvgIpc) is 2.34. The Morgan fingerprint density at radius 1 is 1.32 bits per heavy atom. The fourth-order valence-corrected chi connectivity index (χ4v) is 2.27. The zero-order valence-electron chi connectivity index (χ0n) is 11.4. The van der Waals surface area contributed by atoms with Crippen LogP contribution in [0.1, 0.15) is 11.1 Å². The molecule has 104 valence electrons. The van der Waals surface area contributed by atoms with Gasteiger partial charge >= 0.3 is 5.97 Å². The number of aliphatic carboxylic acids is 1. The Labute approximate surface area is 112 Å². The van der Waals surface area contributed by atoms with Crippen molar-refractivity contribution in [2.24, 2.45) is 5.41 Å². The minimum absolute atomic E-state index is 0.238. The van der Waals surface area contributed by atoms with Crippen molar-refractivity contribution in [2.45, 2.75) is 13.3 Å². The minimum atomic E-state index is -0.840. The molecule has 0 radical (unpaired) electrons. The number of methoxy groups -OCH3 is 2. The Balaban J connectivity index is 2.35. The zero-order chi connectivity index (χ0) is 14.0. The normalized spacial score (nSPS) is 16.6. The molecule has 1 aliphatic heterocycles. The number of carboxylic acids is 1. The molecule has 0 saturated carbocycles. The Bertz CT molecular complexity index is 491. The van der Waals surface area contributed by atoms with Crippen LogP contribution in [0, 0.1) is 12.3 Å². The van der Waals surface area contributed by atoms with Crippen LogP contribution in [0.3, 0.4) is 0 Å². The second-order valence-electron chi connectivity index (χ2n) is 4.89. The molecular formula is C14H18O5. The predicted octanol–water partition coefficient (Wildman–Crippen LogP) is 1.66. The fraction of sp³-hybridized carbons (Fsp3) is 0.500. The van der Waals surface area contributed by atoms with Gasteiger partial charge in [0.1, 0.15) is 16.9 Å². The molecule has 1 N–H and O–H groups in total. The molecule has 0 aliphatic carbocycles. The Hall–Kier alpha value is -1.75. The molecule has 5 heteroatoms. The van der Waals surface area contributed by atoms with Crippen molar-refractivity contribution in [3.8, 4) is 11.5 Å². The van der Waals surface area contributed by atoms with Crippen LogP contribution in [-0.2, 0) is 16.0 Å². The van der Waals surface area contributed by atoms with E-state index in [-0.39, 0.29) is 13.2 Å². The highest BCUT2D eigenvalue weighted by Gasteiger charge is 2.46. The Kier molecular flexibility index (Phi) is 3.66. The van der Waals surface area contributed by atoms with E-state index in [0.717, 1.165) is 16.9 Å². The molecule has 1 aromatic carbocycles. The number of hydrogen-bond acceptors (Lipinski definition) is 4. The van der Waals surface area contributed by atoms with Crippen LogP contribution < -0.4 is 9.47 Å². The topological polar surface area (TPSA) is 65.0 Å². The highest BCUT2D eigenvalue weighted by molar-refractivity contribution is 5.76. The molecule has 5 nitrogen and oxygen atoms in total. The van der Waals surface area contributed by atoms with Gasteiger partial charge in [0.2, 0.25) is 0 Å². The first kappa shape index (κ1) is 13.7. The zero-order valence-corrected chi connectivity index (χ0v) is 11.4. The van der Waals surface area contributed by atoms with Crippen LogP contribution in [0.5, 0.6) is 11.5 Å². The van der Waals surface area contributed by atoms with Gasteiger partial charge in [-0.25, -0.2) is 0 Å². The molecule has 1 fully saturated rings. The molecule has 19 heavy (non-hydrogen) atoms. The number of ether oxygens (including phenoxy) is 3. The Morgan fingerprint density at radius 3 is 2.37 bits per heavy atom. The monoisotopic (exact) mass is 266 g/mol. The lowest BCUT2D eigenvalue weighted by molar-refractivity contribution is -0.179. The van der Waals surface area contributed by atoms with Crippen LogP contribution in [0.25, 0.3) is 0 Å². The van der Waals surface area contributed by atoms with E-state index in [1.807, 2.05) is 19.1 Å². The molecule has 0 aromatic heterocycles. The van der Waals surface area contributed by atoms with Crippen LogP contribution >= 0.6 is 0 Å². The first-order valence-electron chi connectivity index (χ1n) is 6.05. The first-order chi connectivity index (χ1) is 9.02. The van der Waals surface area contributed by atoms with Gasteiger partial charge in [-0.1, -0.05) is 0 Å². The van der Waals surface area contributed by atoms with Gasteiger partial charge in [0.25, 0.3) is 0 Å². The number of hydrogen-bond donors (Lipinski definition) is 1. The van der Waals surface area contributed by atoms with Crippen molar-refractivity contribution in [2.75, 3.05) is 27.4 Å². The second kappa shape index (κ2) is 5.09. The maximum atomic E-state index is 11.4. The molecule has 1 aliphatic rings. The molecule has 1 aromatic rings. The number of aryl methyl sites for hydroxylation is 1. The maximum absolute atomic E-state index is 11.4. The molecule has 0 unspecified atom stereocenters. The van der Waals surface area contributed by atoms with Gasteiger partial charge in [-0.3, -0.25) is 4.79 Å². The van der Waals surface area contributed by atoms with Gasteiger partial charge in [-0.05, 0) is 36.6 Å². The van der Waals surface area contributed by atoms with Crippen LogP contribution in [0.15, 0.2) is 12.1 Å². The van der Waals surface area contributed by atoms with Crippen molar-refractivity contribution in [1.82, 2.24) is 0 Å². The van der Waals surface area contributed by atoms with Gasteiger partial charge in [0.05, 0.1) is 27.4 Å². The van der Waals surface area contributed by atoms with Crippen LogP contribution in [-0.4, -0.2) is 38.5 Å². The standard InChI is InChI=1S/C14H18O5/c1-9-4-12(18-3)10(5-11(9)17-2)6-14(13(15)16)7-19-8-14/h4-5H,6-8H2,1-3H3,(H,15,16). The molecule has 1 heterocycles. The van der Waals surface area contributed by atoms with E-state index in [9.17, 15) is 9.90 Å². The number of carbonyl (C=O) groups is 1. The summed E-state index contributed by atoms with van der Waals surface area (Å²) in [5, 5.41) is 9.34. The van der Waals surface area contributed by atoms with E-state index >= 15 is 0 Å². The van der Waals surface area contributed by atoms with E-state index in [1.165, 1.54) is 0 Å². The van der Waals surface area contributed by atoms with Crippen LogP contribution in [0.4, 0.5) is 0 Å². The SMILES string of the molecule is COc1cc(CC2(C(=O)O)COC2)c(OC)cc1C. The molecule has 2 rings (SSSR count). The van der Waals surface area contributed by atoms with Crippen LogP contribution in [0.2, 0.25) is 0 Å². The summed E-state index contributed by atoms with van der Waals surface area (Å²) in [6.07, 6.45) is 0.377. The third-order valence-corrected chi connectivity index (χ3v) is 3.54. The van der Waals surface area contributed by atoms with Crippen molar-refractivity contribution in [3.63, 3.8) is 0 Å². The molecule has 0 bridgehead atoms. The smallest absolute Gasteiger partial charge is 0.314 e. The van der Waals surface area contributed by atoms with Crippen molar-refractivity contribution in [1.29, 1.82) is 0 Å². The summed E-state index contributed by atoms with van der Waals surface area (Å²) >= 11 is 0. The first-order valence-corrected chi connectivity index (χ1v) is 6.05. The number of carboxylic acid groups (broad SMARTS) is 1. The quantitative estimate of drug-likeness (QED) is 0.878. The number of benzene rings is 1. The lowest BCUT2D eigenvalue weighted by atomic mass is 9.79. The lowest BCUT2D eigenvalue weighted by Gasteiger charge is -2.37. The van der Waals surface area contributed by atoms with E-state index in [1.54, 1.807) is 14.2 Å². The molecular weight excluding hydrogens is 248 g/mol. The van der Waals surface area contributed by atoms with E-state index in [4.69, 9.17) is 14.2 Å². The summed E-state index contributed by atoms with van der Waals surface area (Å²) in [6.45, 7) is 2.40. The summed E-state index contributed by atoms with van der Waals surface area (Å²) in [7, 11) is 3.17. The van der Waals surface area contributed by atoms with Crippen molar-refractivity contribution in [3.05, 3.63) is 23.3 Å². The molecule has 0 atom stereocenters. The largest absolute Gasteiger partial charge is 0.496 e. The fourth-order valence-electron chi connectivity index (χ4n) is 2.27. The summed E-state index contributed by atoms with van der Waals surface area (Å²) in [6, 6.07) is 3.71. The third-order valence-electron chi connectivity index (χ3n) is 3.54. The van der Waals surface area contributed by atoms with Gasteiger partial charge in [-0.15, -0.1) is 0 Å². The summed E-state index contributed by atoms with van der Waals surface area (Å²) in [5.74, 6) is 0.586. The molecule has 0 amide bonds. The molecule has 1 saturated heterocycles. The van der Waals surface area contributed by atoms with E-state index in [2.05, 4.69) is 0 Å². The summed E-state index contributed by atoms with van der Waals surface area (Å²) < 4.78 is 15.7. The van der Waals surface area contributed by atoms with Gasteiger partial charge in [0.15, 0.2) is 0 Å². The number of rotatable bonds is 5. The predicted molar refractivity (Wildman–Crippen MR) is 68.9 cm³/mol. The highest BCUT2D eigenvalue weighted by Crippen LogP contribution is 2.37. The second-order valence-corrected chi connectivity index (χ2v) is 4.89. The van der Waals surface area contributed by atoms with Gasteiger partial charge < -0.3 is 19.3 Å². The van der Waals surface area contributed by atoms with Crippen molar-refractivity contribution < 1.29 is 24.1 Å². The molecule has 0 spiro atoms. The van der Waals surface area contributed by atoms with E-state index < -0.39 is 11.4 Å². The minimum Gasteiger partial charge on any atom is -0.496 e. The van der Waals surface area contributed by atoms with Gasteiger partial charge in [-0.2, -0.15) is 0 Å². The van der Waals surface area contributed by atoms with Gasteiger partial charge in [0, 0.05) is 0 Å². The average molecular weight is 266 g/mol. The highest BCUT2D eigenvalue weighted by atomic mass is 16.5. The lowest BCUT2D eigenvalue weighted by Crippen LogP contribution is -2.50. The maximum Gasteiger partial charge on any atom is 0.314 e. The van der Waals surface area contributed by atoms with E-state index in [0.29, 0.717) is 12.2 Å².